The van der Waals surface area contributed by atoms with Crippen molar-refractivity contribution in [1.29, 1.82) is 0 Å². The Hall–Kier alpha value is -4.10. The average Bonchev–Trinajstić information content (AvgIpc) is 3.24. The molecule has 6 rings (SSSR count). The summed E-state index contributed by atoms with van der Waals surface area (Å²) in [7, 11) is 0. The Balaban J connectivity index is 1.28. The summed E-state index contributed by atoms with van der Waals surface area (Å²) in [6.45, 7) is 2.80. The van der Waals surface area contributed by atoms with E-state index < -0.39 is 47.4 Å². The number of imidazole rings is 1. The van der Waals surface area contributed by atoms with Crippen molar-refractivity contribution in [3.05, 3.63) is 87.4 Å². The van der Waals surface area contributed by atoms with E-state index in [1.165, 1.54) is 13.0 Å². The summed E-state index contributed by atoms with van der Waals surface area (Å²) in [4.78, 5) is 22.5. The number of carbonyl (C=O) groups is 1. The number of nitrogens with zero attached hydrogens (tertiary/aromatic N) is 4. The summed E-state index contributed by atoms with van der Waals surface area (Å²) in [6.07, 6.45) is -3.68. The maximum atomic E-state index is 14.3. The lowest BCUT2D eigenvalue weighted by molar-refractivity contribution is -0.139. The van der Waals surface area contributed by atoms with Crippen LogP contribution in [0.2, 0.25) is 0 Å². The first-order chi connectivity index (χ1) is 20.5. The van der Waals surface area contributed by atoms with E-state index in [4.69, 9.17) is 14.5 Å². The highest BCUT2D eigenvalue weighted by Gasteiger charge is 2.37. The summed E-state index contributed by atoms with van der Waals surface area (Å²) < 4.78 is 83.4. The van der Waals surface area contributed by atoms with Gasteiger partial charge >= 0.3 is 12.1 Å². The van der Waals surface area contributed by atoms with Crippen molar-refractivity contribution in [2.24, 2.45) is 0 Å². The third kappa shape index (κ3) is 5.91. The van der Waals surface area contributed by atoms with Crippen molar-refractivity contribution in [2.45, 2.75) is 58.3 Å². The van der Waals surface area contributed by atoms with E-state index in [0.717, 1.165) is 24.6 Å². The van der Waals surface area contributed by atoms with Crippen LogP contribution in [0.5, 0.6) is 5.88 Å². The average molecular weight is 603 g/mol. The molecular weight excluding hydrogens is 575 g/mol. The summed E-state index contributed by atoms with van der Waals surface area (Å²) in [5.74, 6) is -2.98. The van der Waals surface area contributed by atoms with Gasteiger partial charge in [-0.3, -0.25) is 4.90 Å². The molecule has 2 aromatic heterocycles. The highest BCUT2D eigenvalue weighted by Crippen LogP contribution is 2.38. The van der Waals surface area contributed by atoms with Gasteiger partial charge < -0.3 is 19.1 Å². The Labute approximate surface area is 242 Å². The summed E-state index contributed by atoms with van der Waals surface area (Å²) in [6, 6.07) is 7.86. The number of ether oxygens (including phenoxy) is 2. The Bertz CT molecular complexity index is 1690. The van der Waals surface area contributed by atoms with Gasteiger partial charge in [-0.2, -0.15) is 13.2 Å². The molecule has 2 aliphatic heterocycles. The normalized spacial score (nSPS) is 17.1. The second kappa shape index (κ2) is 11.2. The number of aromatic carboxylic acids is 1. The van der Waals surface area contributed by atoms with Gasteiger partial charge in [0, 0.05) is 19.7 Å². The number of fused-ring (bicyclic) bond motifs is 2. The highest BCUT2D eigenvalue weighted by molar-refractivity contribution is 5.92. The number of rotatable bonds is 8. The van der Waals surface area contributed by atoms with Gasteiger partial charge in [0.15, 0.2) is 0 Å². The molecule has 1 atom stereocenters. The molecule has 2 aromatic carbocycles. The van der Waals surface area contributed by atoms with E-state index in [-0.39, 0.29) is 24.6 Å². The maximum absolute atomic E-state index is 14.3. The molecule has 0 saturated carbocycles. The number of alkyl halides is 3. The molecule has 1 saturated heterocycles. The molecule has 43 heavy (non-hydrogen) atoms. The Morgan fingerprint density at radius 1 is 1.14 bits per heavy atom. The second-order valence-electron chi connectivity index (χ2n) is 10.8. The van der Waals surface area contributed by atoms with E-state index >= 15 is 0 Å². The summed E-state index contributed by atoms with van der Waals surface area (Å²) in [5, 5.41) is 9.48. The molecular formula is C30H27F5N4O4. The predicted octanol–water partition coefficient (Wildman–Crippen LogP) is 5.66. The van der Waals surface area contributed by atoms with Crippen LogP contribution in [0.15, 0.2) is 36.4 Å². The number of hydrogen-bond donors (Lipinski definition) is 1. The molecule has 4 heterocycles. The summed E-state index contributed by atoms with van der Waals surface area (Å²) >= 11 is 0. The molecule has 1 N–H and O–H groups in total. The van der Waals surface area contributed by atoms with Crippen molar-refractivity contribution in [3.8, 4) is 5.88 Å². The molecule has 2 aliphatic rings. The van der Waals surface area contributed by atoms with Crippen LogP contribution in [0, 0.1) is 18.6 Å². The number of halogens is 5. The monoisotopic (exact) mass is 602 g/mol. The maximum Gasteiger partial charge on any atom is 0.421 e. The zero-order valence-electron chi connectivity index (χ0n) is 23.0. The van der Waals surface area contributed by atoms with E-state index in [9.17, 15) is 31.9 Å². The van der Waals surface area contributed by atoms with E-state index in [1.54, 1.807) is 12.1 Å². The van der Waals surface area contributed by atoms with E-state index in [0.29, 0.717) is 59.9 Å². The van der Waals surface area contributed by atoms with Gasteiger partial charge in [-0.1, -0.05) is 0 Å². The standard InChI is InChI=1S/C30H27F5N4O4/c1-16-8-22(31)20(23(32)9-16)15-43-28-21(30(33,34)35)10-17-4-6-38(13-25(17)37-28)14-27-36-24-3-2-18(29(40)41)11-26(24)39(27)12-19-5-7-42-19/h2-3,8-11,19H,4-7,12-15H2,1H3,(H,40,41)/t19-/m0/s1. The number of aromatic nitrogens is 3. The summed E-state index contributed by atoms with van der Waals surface area (Å²) in [5.41, 5.74) is 0.910. The topological polar surface area (TPSA) is 89.7 Å². The molecule has 13 heteroatoms. The number of pyridine rings is 1. The zero-order chi connectivity index (χ0) is 30.5. The second-order valence-corrected chi connectivity index (χ2v) is 10.8. The lowest BCUT2D eigenvalue weighted by Gasteiger charge is -2.30. The Morgan fingerprint density at radius 2 is 1.88 bits per heavy atom. The zero-order valence-corrected chi connectivity index (χ0v) is 23.0. The minimum atomic E-state index is -4.79. The molecule has 0 bridgehead atoms. The van der Waals surface area contributed by atoms with Crippen LogP contribution in [-0.4, -0.2) is 49.8 Å². The quantitative estimate of drug-likeness (QED) is 0.261. The van der Waals surface area contributed by atoms with Crippen molar-refractivity contribution in [1.82, 2.24) is 19.4 Å². The number of hydrogen-bond acceptors (Lipinski definition) is 6. The molecule has 0 amide bonds. The molecule has 0 unspecified atom stereocenters. The molecule has 4 aromatic rings. The molecule has 8 nitrogen and oxygen atoms in total. The van der Waals surface area contributed by atoms with Gasteiger partial charge in [0.05, 0.1) is 47.0 Å². The number of carboxylic acid groups (broad SMARTS) is 1. The van der Waals surface area contributed by atoms with Crippen LogP contribution in [0.1, 0.15) is 50.6 Å². The molecule has 0 radical (unpaired) electrons. The van der Waals surface area contributed by atoms with E-state index in [1.807, 2.05) is 9.47 Å². The van der Waals surface area contributed by atoms with Gasteiger partial charge in [0.1, 0.15) is 29.6 Å². The van der Waals surface area contributed by atoms with Gasteiger partial charge in [-0.25, -0.2) is 23.5 Å². The van der Waals surface area contributed by atoms with Crippen LogP contribution in [-0.2, 0) is 43.6 Å². The van der Waals surface area contributed by atoms with Gasteiger partial charge in [-0.05, 0) is 67.3 Å². The third-order valence-electron chi connectivity index (χ3n) is 7.79. The lowest BCUT2D eigenvalue weighted by atomic mass is 10.0. The Kier molecular flexibility index (Phi) is 7.55. The van der Waals surface area contributed by atoms with Crippen LogP contribution < -0.4 is 4.74 Å². The van der Waals surface area contributed by atoms with Gasteiger partial charge in [0.25, 0.3) is 0 Å². The fourth-order valence-electron chi connectivity index (χ4n) is 5.42. The lowest BCUT2D eigenvalue weighted by Crippen LogP contribution is -2.34. The van der Waals surface area contributed by atoms with Gasteiger partial charge in [0.2, 0.25) is 5.88 Å². The minimum Gasteiger partial charge on any atom is -0.478 e. The molecule has 226 valence electrons. The first-order valence-electron chi connectivity index (χ1n) is 13.7. The number of benzene rings is 2. The largest absolute Gasteiger partial charge is 0.478 e. The van der Waals surface area contributed by atoms with Crippen LogP contribution in [0.25, 0.3) is 11.0 Å². The van der Waals surface area contributed by atoms with Crippen molar-refractivity contribution in [2.75, 3.05) is 13.2 Å². The Morgan fingerprint density at radius 3 is 2.53 bits per heavy atom. The van der Waals surface area contributed by atoms with Crippen LogP contribution in [0.3, 0.4) is 0 Å². The predicted molar refractivity (Wildman–Crippen MR) is 144 cm³/mol. The minimum absolute atomic E-state index is 0.0305. The third-order valence-corrected chi connectivity index (χ3v) is 7.79. The fraction of sp³-hybridized carbons (Fsp3) is 0.367. The molecule has 0 aliphatic carbocycles. The van der Waals surface area contributed by atoms with Crippen molar-refractivity contribution in [3.63, 3.8) is 0 Å². The smallest absolute Gasteiger partial charge is 0.421 e. The highest BCUT2D eigenvalue weighted by atomic mass is 19.4. The number of aryl methyl sites for hydroxylation is 1. The van der Waals surface area contributed by atoms with Crippen LogP contribution >= 0.6 is 0 Å². The molecule has 1 fully saturated rings. The number of carboxylic acids is 1. The SMILES string of the molecule is Cc1cc(F)c(COc2nc3c(cc2C(F)(F)F)CCN(Cc2nc4ccc(C(=O)O)cc4n2C[C@@H]2CCO2)C3)c(F)c1. The van der Waals surface area contributed by atoms with E-state index in [2.05, 4.69) is 4.98 Å². The fourth-order valence-corrected chi connectivity index (χ4v) is 5.42. The van der Waals surface area contributed by atoms with Crippen LogP contribution in [0.4, 0.5) is 22.0 Å². The molecule has 0 spiro atoms. The first-order valence-corrected chi connectivity index (χ1v) is 13.7. The van der Waals surface area contributed by atoms with Gasteiger partial charge in [-0.15, -0.1) is 0 Å². The van der Waals surface area contributed by atoms with Crippen molar-refractivity contribution >= 4 is 17.0 Å². The van der Waals surface area contributed by atoms with Crippen molar-refractivity contribution < 1.29 is 41.3 Å². The first kappa shape index (κ1) is 29.0.